The first kappa shape index (κ1) is 23.5. The molecule has 180 valence electrons. The summed E-state index contributed by atoms with van der Waals surface area (Å²) >= 11 is 0. The molecule has 0 saturated carbocycles. The Bertz CT molecular complexity index is 1110. The SMILES string of the molecule is C=CC(=O)N1CCN(c2nc(OC)nc3c2CCN(c2c(C(C)C)ccc(N)c2C=N)C3)CC1. The molecule has 9 heteroatoms. The quantitative estimate of drug-likeness (QED) is 0.385. The van der Waals surface area contributed by atoms with Crippen LogP contribution in [0.25, 0.3) is 0 Å². The van der Waals surface area contributed by atoms with Crippen molar-refractivity contribution in [3.63, 3.8) is 0 Å². The summed E-state index contributed by atoms with van der Waals surface area (Å²) in [6.07, 6.45) is 3.48. The van der Waals surface area contributed by atoms with Gasteiger partial charge in [-0.05, 0) is 30.0 Å². The van der Waals surface area contributed by atoms with Gasteiger partial charge in [-0.3, -0.25) is 4.79 Å². The first-order chi connectivity index (χ1) is 16.4. The standard InChI is InChI=1S/C25H33N7O2/c1-5-22(33)30-10-12-31(13-11-30)24-18-8-9-32(15-21(18)28-25(29-24)34-4)23-17(16(2)3)6-7-20(27)19(23)14-26/h5-7,14,16,26H,1,8-13,15,27H2,2-4H3. The highest BCUT2D eigenvalue weighted by Crippen LogP contribution is 2.38. The molecule has 0 spiro atoms. The van der Waals surface area contributed by atoms with E-state index in [1.165, 1.54) is 17.9 Å². The maximum atomic E-state index is 12.0. The summed E-state index contributed by atoms with van der Waals surface area (Å²) < 4.78 is 5.45. The largest absolute Gasteiger partial charge is 0.467 e. The van der Waals surface area contributed by atoms with Crippen LogP contribution >= 0.6 is 0 Å². The third kappa shape index (κ3) is 4.30. The highest BCUT2D eigenvalue weighted by molar-refractivity contribution is 5.94. The Labute approximate surface area is 200 Å². The van der Waals surface area contributed by atoms with E-state index in [0.29, 0.717) is 50.3 Å². The number of nitrogens with two attached hydrogens (primary N) is 1. The fourth-order valence-electron chi connectivity index (χ4n) is 4.81. The zero-order valence-corrected chi connectivity index (χ0v) is 20.2. The van der Waals surface area contributed by atoms with Crippen LogP contribution in [0.15, 0.2) is 24.8 Å². The van der Waals surface area contributed by atoms with Crippen molar-refractivity contribution in [2.24, 2.45) is 0 Å². The second-order valence-electron chi connectivity index (χ2n) is 8.95. The molecule has 0 unspecified atom stereocenters. The minimum absolute atomic E-state index is 0.0392. The number of anilines is 3. The van der Waals surface area contributed by atoms with Crippen molar-refractivity contribution < 1.29 is 9.53 Å². The molecule has 0 aliphatic carbocycles. The molecule has 9 nitrogen and oxygen atoms in total. The summed E-state index contributed by atoms with van der Waals surface area (Å²) in [6.45, 7) is 11.9. The summed E-state index contributed by atoms with van der Waals surface area (Å²) in [5, 5.41) is 8.00. The van der Waals surface area contributed by atoms with Gasteiger partial charge in [-0.25, -0.2) is 0 Å². The van der Waals surface area contributed by atoms with Crippen LogP contribution in [0.2, 0.25) is 0 Å². The van der Waals surface area contributed by atoms with Crippen molar-refractivity contribution in [1.82, 2.24) is 14.9 Å². The van der Waals surface area contributed by atoms with Gasteiger partial charge in [0.05, 0.1) is 25.0 Å². The first-order valence-corrected chi connectivity index (χ1v) is 11.7. The van der Waals surface area contributed by atoms with Crippen molar-refractivity contribution in [1.29, 1.82) is 5.41 Å². The number of hydrogen-bond acceptors (Lipinski definition) is 8. The number of ether oxygens (including phenoxy) is 1. The summed E-state index contributed by atoms with van der Waals surface area (Å²) in [7, 11) is 1.58. The summed E-state index contributed by atoms with van der Waals surface area (Å²) in [5.74, 6) is 1.14. The zero-order chi connectivity index (χ0) is 24.4. The molecule has 2 aromatic rings. The van der Waals surface area contributed by atoms with Gasteiger partial charge in [-0.1, -0.05) is 26.5 Å². The van der Waals surface area contributed by atoms with Crippen LogP contribution in [-0.2, 0) is 17.8 Å². The van der Waals surface area contributed by atoms with Crippen molar-refractivity contribution in [2.75, 3.05) is 55.4 Å². The molecule has 1 aromatic carbocycles. The predicted molar refractivity (Wildman–Crippen MR) is 135 cm³/mol. The Balaban J connectivity index is 1.68. The average molecular weight is 464 g/mol. The number of fused-ring (bicyclic) bond motifs is 1. The van der Waals surface area contributed by atoms with Gasteiger partial charge in [0.15, 0.2) is 0 Å². The van der Waals surface area contributed by atoms with E-state index in [9.17, 15) is 4.79 Å². The predicted octanol–water partition coefficient (Wildman–Crippen LogP) is 2.59. The Hall–Kier alpha value is -3.62. The van der Waals surface area contributed by atoms with E-state index >= 15 is 0 Å². The van der Waals surface area contributed by atoms with Gasteiger partial charge < -0.3 is 30.6 Å². The number of hydrogen-bond donors (Lipinski definition) is 2. The molecule has 1 aromatic heterocycles. The molecule has 4 rings (SSSR count). The maximum absolute atomic E-state index is 12.0. The molecule has 0 radical (unpaired) electrons. The molecular weight excluding hydrogens is 430 g/mol. The van der Waals surface area contributed by atoms with Gasteiger partial charge in [0.2, 0.25) is 5.91 Å². The van der Waals surface area contributed by atoms with Gasteiger partial charge in [0.1, 0.15) is 5.82 Å². The summed E-state index contributed by atoms with van der Waals surface area (Å²) in [6, 6.07) is 4.29. The Morgan fingerprint density at radius 3 is 2.53 bits per heavy atom. The average Bonchev–Trinajstić information content (AvgIpc) is 2.86. The second kappa shape index (κ2) is 9.70. The van der Waals surface area contributed by atoms with Crippen LogP contribution in [0.4, 0.5) is 17.2 Å². The van der Waals surface area contributed by atoms with Gasteiger partial charge in [0.25, 0.3) is 0 Å². The number of rotatable bonds is 6. The smallest absolute Gasteiger partial charge is 0.318 e. The van der Waals surface area contributed by atoms with E-state index in [2.05, 4.69) is 36.3 Å². The van der Waals surface area contributed by atoms with E-state index in [0.717, 1.165) is 41.3 Å². The van der Waals surface area contributed by atoms with E-state index < -0.39 is 0 Å². The minimum atomic E-state index is -0.0392. The molecule has 1 saturated heterocycles. The van der Waals surface area contributed by atoms with E-state index in [1.807, 2.05) is 11.0 Å². The van der Waals surface area contributed by atoms with Crippen LogP contribution in [0.3, 0.4) is 0 Å². The molecule has 34 heavy (non-hydrogen) atoms. The van der Waals surface area contributed by atoms with Gasteiger partial charge in [-0.2, -0.15) is 9.97 Å². The van der Waals surface area contributed by atoms with Crippen molar-refractivity contribution in [3.8, 4) is 6.01 Å². The number of carbonyl (C=O) groups is 1. The van der Waals surface area contributed by atoms with Gasteiger partial charge in [-0.15, -0.1) is 0 Å². The first-order valence-electron chi connectivity index (χ1n) is 11.7. The van der Waals surface area contributed by atoms with Gasteiger partial charge in [0, 0.05) is 55.8 Å². The topological polar surface area (TPSA) is 112 Å². The van der Waals surface area contributed by atoms with Crippen molar-refractivity contribution >= 4 is 29.3 Å². The number of amides is 1. The van der Waals surface area contributed by atoms with Crippen LogP contribution in [0.5, 0.6) is 6.01 Å². The number of aromatic nitrogens is 2. The number of nitrogen functional groups attached to an aromatic ring is 1. The molecule has 2 aliphatic rings. The number of benzene rings is 1. The molecule has 3 N–H and O–H groups in total. The fourth-order valence-corrected chi connectivity index (χ4v) is 4.81. The molecule has 3 heterocycles. The second-order valence-corrected chi connectivity index (χ2v) is 8.95. The van der Waals surface area contributed by atoms with Crippen molar-refractivity contribution in [2.45, 2.75) is 32.7 Å². The molecule has 0 atom stereocenters. The molecular formula is C25H33N7O2. The lowest BCUT2D eigenvalue weighted by molar-refractivity contribution is -0.126. The lowest BCUT2D eigenvalue weighted by atomic mass is 9.94. The Morgan fingerprint density at radius 2 is 1.91 bits per heavy atom. The number of nitrogens with one attached hydrogen (secondary N) is 1. The molecule has 1 amide bonds. The van der Waals surface area contributed by atoms with Crippen LogP contribution in [0, 0.1) is 5.41 Å². The summed E-state index contributed by atoms with van der Waals surface area (Å²) in [4.78, 5) is 27.7. The molecule has 1 fully saturated rings. The number of nitrogens with zero attached hydrogens (tertiary/aromatic N) is 5. The normalized spacial score (nSPS) is 15.8. The third-order valence-electron chi connectivity index (χ3n) is 6.64. The molecule has 0 bridgehead atoms. The van der Waals surface area contributed by atoms with Crippen LogP contribution in [0.1, 0.15) is 42.1 Å². The highest BCUT2D eigenvalue weighted by Gasteiger charge is 2.30. The molecule has 2 aliphatic heterocycles. The number of methoxy groups -OCH3 is 1. The summed E-state index contributed by atoms with van der Waals surface area (Å²) in [5.41, 5.74) is 11.8. The Kier molecular flexibility index (Phi) is 6.72. The van der Waals surface area contributed by atoms with E-state index in [4.69, 9.17) is 25.8 Å². The number of piperazine rings is 1. The number of carbonyl (C=O) groups excluding carboxylic acids is 1. The van der Waals surface area contributed by atoms with Crippen LogP contribution in [-0.4, -0.2) is 66.8 Å². The maximum Gasteiger partial charge on any atom is 0.318 e. The monoisotopic (exact) mass is 463 g/mol. The van der Waals surface area contributed by atoms with Crippen molar-refractivity contribution in [3.05, 3.63) is 47.2 Å². The van der Waals surface area contributed by atoms with Gasteiger partial charge >= 0.3 is 6.01 Å². The fraction of sp³-hybridized carbons (Fsp3) is 0.440. The highest BCUT2D eigenvalue weighted by atomic mass is 16.5. The van der Waals surface area contributed by atoms with E-state index in [-0.39, 0.29) is 5.91 Å². The lowest BCUT2D eigenvalue weighted by Crippen LogP contribution is -2.49. The zero-order valence-electron chi connectivity index (χ0n) is 20.2. The van der Waals surface area contributed by atoms with E-state index in [1.54, 1.807) is 7.11 Å². The minimum Gasteiger partial charge on any atom is -0.467 e. The third-order valence-corrected chi connectivity index (χ3v) is 6.64. The lowest BCUT2D eigenvalue weighted by Gasteiger charge is -2.38. The van der Waals surface area contributed by atoms with Crippen LogP contribution < -0.4 is 20.3 Å². The Morgan fingerprint density at radius 1 is 1.18 bits per heavy atom.